The first kappa shape index (κ1) is 19.7. The Hall–Kier alpha value is -3.30. The van der Waals surface area contributed by atoms with Crippen molar-refractivity contribution in [1.82, 2.24) is 9.97 Å². The van der Waals surface area contributed by atoms with E-state index in [1.807, 2.05) is 18.2 Å². The topological polar surface area (TPSA) is 105 Å². The maximum atomic E-state index is 13.1. The van der Waals surface area contributed by atoms with Gasteiger partial charge in [-0.2, -0.15) is 5.26 Å². The van der Waals surface area contributed by atoms with E-state index >= 15 is 0 Å². The van der Waals surface area contributed by atoms with Crippen molar-refractivity contribution in [1.29, 1.82) is 5.26 Å². The molecule has 0 bridgehead atoms. The van der Waals surface area contributed by atoms with E-state index in [9.17, 15) is 4.79 Å². The molecule has 0 aliphatic heterocycles. The zero-order chi connectivity index (χ0) is 21.4. The molecular weight excluding hydrogens is 386 g/mol. The molecule has 0 spiro atoms. The van der Waals surface area contributed by atoms with Crippen LogP contribution in [0.25, 0.3) is 22.0 Å². The second kappa shape index (κ2) is 8.09. The molecule has 1 aromatic carbocycles. The van der Waals surface area contributed by atoms with Crippen molar-refractivity contribution in [2.24, 2.45) is 11.7 Å². The zero-order valence-corrected chi connectivity index (χ0v) is 17.3. The molecule has 5 rings (SSSR count). The molecule has 2 heterocycles. The predicted molar refractivity (Wildman–Crippen MR) is 121 cm³/mol. The third-order valence-electron chi connectivity index (χ3n) is 6.41. The summed E-state index contributed by atoms with van der Waals surface area (Å²) in [6.07, 6.45) is 9.37. The largest absolute Gasteiger partial charge is 0.381 e. The highest BCUT2D eigenvalue weighted by atomic mass is 16.1. The minimum absolute atomic E-state index is 0.130. The number of fused-ring (bicyclic) bond motifs is 1. The molecule has 2 aliphatic rings. The molecule has 2 fully saturated rings. The van der Waals surface area contributed by atoms with Gasteiger partial charge in [0.1, 0.15) is 11.8 Å². The summed E-state index contributed by atoms with van der Waals surface area (Å²) in [4.78, 5) is 21.8. The first-order valence-corrected chi connectivity index (χ1v) is 11.0. The van der Waals surface area contributed by atoms with E-state index in [0.29, 0.717) is 17.3 Å². The number of rotatable bonds is 5. The van der Waals surface area contributed by atoms with Gasteiger partial charge in [-0.15, -0.1) is 0 Å². The Kier molecular flexibility index (Phi) is 5.13. The Bertz CT molecular complexity index is 1170. The molecular formula is C25H25N5O. The summed E-state index contributed by atoms with van der Waals surface area (Å²) >= 11 is 0. The lowest BCUT2D eigenvalue weighted by Gasteiger charge is -2.29. The smallest absolute Gasteiger partial charge is 0.169 e. The van der Waals surface area contributed by atoms with Crippen LogP contribution >= 0.6 is 0 Å². The van der Waals surface area contributed by atoms with Crippen molar-refractivity contribution in [3.05, 3.63) is 54.0 Å². The van der Waals surface area contributed by atoms with Crippen molar-refractivity contribution >= 4 is 22.4 Å². The van der Waals surface area contributed by atoms with Gasteiger partial charge >= 0.3 is 0 Å². The molecule has 0 amide bonds. The van der Waals surface area contributed by atoms with E-state index in [4.69, 9.17) is 11.0 Å². The lowest BCUT2D eigenvalue weighted by molar-refractivity contribution is 0.0968. The highest BCUT2D eigenvalue weighted by Gasteiger charge is 2.33. The number of nitrogens with zero attached hydrogens (tertiary/aromatic N) is 3. The number of Topliss-reactive ketones (excluding diaryl/α,β-unsaturated/α-hetero) is 1. The van der Waals surface area contributed by atoms with E-state index in [1.54, 1.807) is 18.5 Å². The molecule has 0 atom stereocenters. The van der Waals surface area contributed by atoms with Gasteiger partial charge in [0.15, 0.2) is 5.78 Å². The number of ketones is 1. The highest BCUT2D eigenvalue weighted by molar-refractivity contribution is 6.10. The molecule has 3 aromatic rings. The van der Waals surface area contributed by atoms with E-state index in [2.05, 4.69) is 27.4 Å². The molecule has 2 aromatic heterocycles. The average molecular weight is 412 g/mol. The van der Waals surface area contributed by atoms with Crippen LogP contribution in [0, 0.1) is 17.2 Å². The predicted octanol–water partition coefficient (Wildman–Crippen LogP) is 4.44. The number of hydrogen-bond donors (Lipinski definition) is 2. The summed E-state index contributed by atoms with van der Waals surface area (Å²) in [6, 6.07) is 12.3. The Morgan fingerprint density at radius 3 is 2.45 bits per heavy atom. The van der Waals surface area contributed by atoms with Crippen LogP contribution in [0.3, 0.4) is 0 Å². The van der Waals surface area contributed by atoms with Gasteiger partial charge in [0, 0.05) is 41.3 Å². The first-order valence-electron chi connectivity index (χ1n) is 11.0. The van der Waals surface area contributed by atoms with Gasteiger partial charge < -0.3 is 11.1 Å². The minimum Gasteiger partial charge on any atom is -0.381 e. The van der Waals surface area contributed by atoms with Crippen molar-refractivity contribution in [2.75, 3.05) is 5.32 Å². The fourth-order valence-corrected chi connectivity index (χ4v) is 4.38. The molecule has 156 valence electrons. The van der Waals surface area contributed by atoms with E-state index in [0.717, 1.165) is 66.2 Å². The van der Waals surface area contributed by atoms with Gasteiger partial charge in [0.2, 0.25) is 0 Å². The first-order chi connectivity index (χ1) is 15.1. The summed E-state index contributed by atoms with van der Waals surface area (Å²) in [5.41, 5.74) is 10.8. The Morgan fingerprint density at radius 2 is 1.77 bits per heavy atom. The fraction of sp³-hybridized carbons (Fsp3) is 0.360. The quantitative estimate of drug-likeness (QED) is 0.601. The van der Waals surface area contributed by atoms with Crippen molar-refractivity contribution < 1.29 is 4.79 Å². The van der Waals surface area contributed by atoms with Gasteiger partial charge in [-0.05, 0) is 68.4 Å². The van der Waals surface area contributed by atoms with Crippen molar-refractivity contribution in [2.45, 2.75) is 50.6 Å². The summed E-state index contributed by atoms with van der Waals surface area (Å²) in [6.45, 7) is 0. The molecule has 6 nitrogen and oxygen atoms in total. The molecule has 0 radical (unpaired) electrons. The second-order valence-electron chi connectivity index (χ2n) is 8.72. The summed E-state index contributed by atoms with van der Waals surface area (Å²) < 4.78 is 0. The lowest BCUT2D eigenvalue weighted by Crippen LogP contribution is -2.33. The van der Waals surface area contributed by atoms with Crippen LogP contribution in [-0.4, -0.2) is 27.8 Å². The van der Waals surface area contributed by atoms with Crippen LogP contribution < -0.4 is 11.1 Å². The number of benzene rings is 1. The van der Waals surface area contributed by atoms with Crippen molar-refractivity contribution in [3.63, 3.8) is 0 Å². The molecule has 2 aliphatic carbocycles. The van der Waals surface area contributed by atoms with Gasteiger partial charge in [-0.25, -0.2) is 4.98 Å². The number of nitrogens with one attached hydrogen (secondary N) is 1. The maximum Gasteiger partial charge on any atom is 0.169 e. The number of carbonyl (C=O) groups is 1. The minimum atomic E-state index is 0.130. The molecule has 31 heavy (non-hydrogen) atoms. The summed E-state index contributed by atoms with van der Waals surface area (Å²) in [5, 5.41) is 13.7. The number of nitriles is 1. The molecule has 2 saturated carbocycles. The van der Waals surface area contributed by atoms with Crippen LogP contribution in [0.2, 0.25) is 0 Å². The summed E-state index contributed by atoms with van der Waals surface area (Å²) in [5.74, 6) is 0.320. The molecule has 0 saturated heterocycles. The number of hydrogen-bond acceptors (Lipinski definition) is 6. The van der Waals surface area contributed by atoms with Crippen LogP contribution in [0.5, 0.6) is 0 Å². The normalized spacial score (nSPS) is 20.9. The number of carbonyl (C=O) groups excluding carboxylic acids is 1. The van der Waals surface area contributed by atoms with Gasteiger partial charge in [-0.3, -0.25) is 9.78 Å². The zero-order valence-electron chi connectivity index (χ0n) is 17.3. The second-order valence-corrected chi connectivity index (χ2v) is 8.72. The number of pyridine rings is 2. The van der Waals surface area contributed by atoms with Crippen LogP contribution in [-0.2, 0) is 0 Å². The summed E-state index contributed by atoms with van der Waals surface area (Å²) in [7, 11) is 0. The molecule has 6 heteroatoms. The van der Waals surface area contributed by atoms with Crippen LogP contribution in [0.15, 0.2) is 42.7 Å². The molecule has 0 unspecified atom stereocenters. The Labute approximate surface area is 181 Å². The average Bonchev–Trinajstić information content (AvgIpc) is 3.66. The van der Waals surface area contributed by atoms with E-state index in [1.165, 1.54) is 0 Å². The lowest BCUT2D eigenvalue weighted by atomic mass is 9.91. The SMILES string of the molecule is N#Cc1ccc(-c2ccc3ncc(C(=O)C4CC4)c(N[C@H]4CC[C@H](N)CC4)c3c2)cn1. The Balaban J connectivity index is 1.58. The monoisotopic (exact) mass is 411 g/mol. The number of anilines is 1. The maximum absolute atomic E-state index is 13.1. The van der Waals surface area contributed by atoms with Gasteiger partial charge in [0.05, 0.1) is 16.8 Å². The third-order valence-corrected chi connectivity index (χ3v) is 6.41. The highest BCUT2D eigenvalue weighted by Crippen LogP contribution is 2.38. The standard InChI is InChI=1S/C25H25N5O/c26-12-20-7-3-17(13-28-20)16-4-10-23-21(11-16)24(30-19-8-5-18(27)6-9-19)22(14-29-23)25(31)15-1-2-15/h3-4,7,10-11,13-15,18-19H,1-2,5-6,8-9,27H2,(H,29,30)/t18-,19-. The van der Waals surface area contributed by atoms with Crippen LogP contribution in [0.4, 0.5) is 5.69 Å². The van der Waals surface area contributed by atoms with Crippen molar-refractivity contribution in [3.8, 4) is 17.2 Å². The Morgan fingerprint density at radius 1 is 1.00 bits per heavy atom. The number of nitrogens with two attached hydrogens (primary N) is 1. The molecule has 3 N–H and O–H groups in total. The van der Waals surface area contributed by atoms with Gasteiger partial charge in [-0.1, -0.05) is 6.07 Å². The third kappa shape index (κ3) is 4.01. The van der Waals surface area contributed by atoms with Gasteiger partial charge in [0.25, 0.3) is 0 Å². The van der Waals surface area contributed by atoms with Crippen LogP contribution in [0.1, 0.15) is 54.6 Å². The fourth-order valence-electron chi connectivity index (χ4n) is 4.38. The number of aromatic nitrogens is 2. The van der Waals surface area contributed by atoms with E-state index < -0.39 is 0 Å². The van der Waals surface area contributed by atoms with E-state index in [-0.39, 0.29) is 17.7 Å².